The van der Waals surface area contributed by atoms with Crippen LogP contribution in [-0.4, -0.2) is 61.4 Å². The molecular formula is C22H22N8O4. The van der Waals surface area contributed by atoms with Crippen LogP contribution in [0.2, 0.25) is 0 Å². The van der Waals surface area contributed by atoms with E-state index in [1.54, 1.807) is 0 Å². The van der Waals surface area contributed by atoms with Crippen molar-refractivity contribution in [3.8, 4) is 22.6 Å². The molecule has 0 amide bonds. The SMILES string of the molecule is Nc1nc2nc(-c3ccc([N+](=O)[O-])cc3)nc(N)c2nc1-c1ccc(N(CCO)CCO)cc1. The highest BCUT2D eigenvalue weighted by molar-refractivity contribution is 5.88. The maximum atomic E-state index is 10.9. The minimum atomic E-state index is -0.490. The van der Waals surface area contributed by atoms with Gasteiger partial charge in [0.2, 0.25) is 0 Å². The Morgan fingerprint density at radius 3 is 2.03 bits per heavy atom. The average Bonchev–Trinajstić information content (AvgIpc) is 2.83. The second-order valence-corrected chi connectivity index (χ2v) is 7.35. The predicted octanol–water partition coefficient (Wildman–Crippen LogP) is 1.62. The molecule has 34 heavy (non-hydrogen) atoms. The van der Waals surface area contributed by atoms with E-state index in [1.807, 2.05) is 29.2 Å². The van der Waals surface area contributed by atoms with E-state index in [4.69, 9.17) is 11.5 Å². The first-order chi connectivity index (χ1) is 16.4. The standard InChI is InChI=1S/C22H22N8O4/c23-19-17(13-1-5-15(6-2-13)29(9-11-31)10-12-32)25-18-20(24)26-21(28-22(18)27-19)14-3-7-16(8-4-14)30(33)34/h1-8,31-32H,9-12H2,(H4,23,24,26,27,28). The lowest BCUT2D eigenvalue weighted by molar-refractivity contribution is -0.384. The van der Waals surface area contributed by atoms with Crippen LogP contribution in [0, 0.1) is 10.1 Å². The van der Waals surface area contributed by atoms with Gasteiger partial charge in [-0.1, -0.05) is 12.1 Å². The molecule has 0 fully saturated rings. The second-order valence-electron chi connectivity index (χ2n) is 7.35. The molecule has 4 aromatic rings. The summed E-state index contributed by atoms with van der Waals surface area (Å²) in [4.78, 5) is 29.8. The van der Waals surface area contributed by atoms with Crippen LogP contribution in [0.15, 0.2) is 48.5 Å². The Morgan fingerprint density at radius 1 is 0.824 bits per heavy atom. The van der Waals surface area contributed by atoms with Crippen LogP contribution in [0.25, 0.3) is 33.8 Å². The van der Waals surface area contributed by atoms with Crippen molar-refractivity contribution in [2.24, 2.45) is 0 Å². The van der Waals surface area contributed by atoms with Crippen molar-refractivity contribution in [1.82, 2.24) is 19.9 Å². The smallest absolute Gasteiger partial charge is 0.269 e. The fourth-order valence-electron chi connectivity index (χ4n) is 3.50. The van der Waals surface area contributed by atoms with Crippen molar-refractivity contribution < 1.29 is 15.1 Å². The van der Waals surface area contributed by atoms with Gasteiger partial charge in [-0.25, -0.2) is 19.9 Å². The van der Waals surface area contributed by atoms with Gasteiger partial charge in [-0.05, 0) is 24.3 Å². The predicted molar refractivity (Wildman–Crippen MR) is 128 cm³/mol. The monoisotopic (exact) mass is 462 g/mol. The molecule has 0 unspecified atom stereocenters. The van der Waals surface area contributed by atoms with Crippen LogP contribution in [0.1, 0.15) is 0 Å². The Balaban J connectivity index is 1.69. The lowest BCUT2D eigenvalue weighted by Crippen LogP contribution is -2.29. The van der Waals surface area contributed by atoms with Gasteiger partial charge < -0.3 is 26.6 Å². The number of nitrogen functional groups attached to an aromatic ring is 2. The number of anilines is 3. The molecule has 6 N–H and O–H groups in total. The molecule has 12 nitrogen and oxygen atoms in total. The summed E-state index contributed by atoms with van der Waals surface area (Å²) in [5, 5.41) is 29.3. The van der Waals surface area contributed by atoms with E-state index >= 15 is 0 Å². The van der Waals surface area contributed by atoms with E-state index < -0.39 is 4.92 Å². The molecule has 0 saturated carbocycles. The second kappa shape index (κ2) is 9.60. The van der Waals surface area contributed by atoms with Crippen molar-refractivity contribution in [2.75, 3.05) is 42.7 Å². The number of nitro groups is 1. The van der Waals surface area contributed by atoms with Gasteiger partial charge in [0, 0.05) is 42.0 Å². The Hall–Kier alpha value is -4.42. The van der Waals surface area contributed by atoms with Crippen LogP contribution in [0.3, 0.4) is 0 Å². The highest BCUT2D eigenvalue weighted by Gasteiger charge is 2.16. The van der Waals surface area contributed by atoms with Crippen molar-refractivity contribution in [3.05, 3.63) is 58.6 Å². The van der Waals surface area contributed by atoms with E-state index in [9.17, 15) is 20.3 Å². The number of rotatable bonds is 8. The van der Waals surface area contributed by atoms with Crippen molar-refractivity contribution in [2.45, 2.75) is 0 Å². The lowest BCUT2D eigenvalue weighted by atomic mass is 10.1. The zero-order chi connectivity index (χ0) is 24.2. The van der Waals surface area contributed by atoms with Crippen LogP contribution in [-0.2, 0) is 0 Å². The van der Waals surface area contributed by atoms with Crippen LogP contribution in [0.5, 0.6) is 0 Å². The normalized spacial score (nSPS) is 11.0. The zero-order valence-electron chi connectivity index (χ0n) is 18.0. The molecule has 0 spiro atoms. The third-order valence-electron chi connectivity index (χ3n) is 5.17. The molecule has 0 atom stereocenters. The van der Waals surface area contributed by atoms with Crippen LogP contribution in [0.4, 0.5) is 23.0 Å². The van der Waals surface area contributed by atoms with Gasteiger partial charge in [-0.15, -0.1) is 0 Å². The molecule has 2 aromatic carbocycles. The number of nitrogens with zero attached hydrogens (tertiary/aromatic N) is 6. The number of benzene rings is 2. The number of aliphatic hydroxyl groups excluding tert-OH is 2. The molecule has 0 saturated heterocycles. The number of non-ortho nitro benzene ring substituents is 1. The van der Waals surface area contributed by atoms with Gasteiger partial charge in [0.15, 0.2) is 28.6 Å². The molecule has 2 heterocycles. The summed E-state index contributed by atoms with van der Waals surface area (Å²) in [5.41, 5.74) is 15.2. The van der Waals surface area contributed by atoms with Crippen LogP contribution >= 0.6 is 0 Å². The molecule has 0 bridgehead atoms. The van der Waals surface area contributed by atoms with Crippen molar-refractivity contribution in [1.29, 1.82) is 0 Å². The maximum absolute atomic E-state index is 10.9. The van der Waals surface area contributed by atoms with E-state index in [-0.39, 0.29) is 47.5 Å². The summed E-state index contributed by atoms with van der Waals surface area (Å²) in [6.45, 7) is 0.712. The number of fused-ring (bicyclic) bond motifs is 1. The third-order valence-corrected chi connectivity index (χ3v) is 5.17. The Labute approximate surface area is 193 Å². The Morgan fingerprint density at radius 2 is 1.44 bits per heavy atom. The Bertz CT molecular complexity index is 1320. The number of aliphatic hydroxyl groups is 2. The van der Waals surface area contributed by atoms with Gasteiger partial charge in [-0.3, -0.25) is 10.1 Å². The molecule has 0 radical (unpaired) electrons. The fraction of sp³-hybridized carbons (Fsp3) is 0.182. The van der Waals surface area contributed by atoms with Gasteiger partial charge in [0.1, 0.15) is 5.69 Å². The summed E-state index contributed by atoms with van der Waals surface area (Å²) in [7, 11) is 0. The zero-order valence-corrected chi connectivity index (χ0v) is 18.0. The van der Waals surface area contributed by atoms with Gasteiger partial charge >= 0.3 is 0 Å². The molecule has 174 valence electrons. The number of nitro benzene ring substituents is 1. The van der Waals surface area contributed by atoms with Gasteiger partial charge in [0.05, 0.1) is 18.1 Å². The highest BCUT2D eigenvalue weighted by atomic mass is 16.6. The minimum absolute atomic E-state index is 0.0357. The molecule has 2 aromatic heterocycles. The first-order valence-electron chi connectivity index (χ1n) is 10.3. The van der Waals surface area contributed by atoms with Crippen LogP contribution < -0.4 is 16.4 Å². The molecule has 0 aliphatic heterocycles. The van der Waals surface area contributed by atoms with E-state index in [0.29, 0.717) is 29.9 Å². The first-order valence-corrected chi connectivity index (χ1v) is 10.3. The van der Waals surface area contributed by atoms with E-state index in [2.05, 4.69) is 19.9 Å². The number of hydrogen-bond acceptors (Lipinski definition) is 11. The number of hydrogen-bond donors (Lipinski definition) is 4. The summed E-state index contributed by atoms with van der Waals surface area (Å²) >= 11 is 0. The number of aromatic nitrogens is 4. The van der Waals surface area contributed by atoms with Crippen molar-refractivity contribution in [3.63, 3.8) is 0 Å². The molecule has 0 aliphatic rings. The molecular weight excluding hydrogens is 440 g/mol. The largest absolute Gasteiger partial charge is 0.395 e. The van der Waals surface area contributed by atoms with Gasteiger partial charge in [0.25, 0.3) is 5.69 Å². The molecule has 0 aliphatic carbocycles. The topological polar surface area (TPSA) is 190 Å². The third kappa shape index (κ3) is 4.53. The maximum Gasteiger partial charge on any atom is 0.269 e. The van der Waals surface area contributed by atoms with Crippen molar-refractivity contribution >= 4 is 34.2 Å². The highest BCUT2D eigenvalue weighted by Crippen LogP contribution is 2.29. The summed E-state index contributed by atoms with van der Waals surface area (Å²) in [6, 6.07) is 13.1. The summed E-state index contributed by atoms with van der Waals surface area (Å²) in [5.74, 6) is 0.495. The first kappa shape index (κ1) is 22.8. The quantitative estimate of drug-likeness (QED) is 0.220. The average molecular weight is 462 g/mol. The summed E-state index contributed by atoms with van der Waals surface area (Å²) < 4.78 is 0. The van der Waals surface area contributed by atoms with E-state index in [0.717, 1.165) is 5.69 Å². The minimum Gasteiger partial charge on any atom is -0.395 e. The molecule has 4 rings (SSSR count). The summed E-state index contributed by atoms with van der Waals surface area (Å²) in [6.07, 6.45) is 0. The number of nitrogens with two attached hydrogens (primary N) is 2. The van der Waals surface area contributed by atoms with Gasteiger partial charge in [-0.2, -0.15) is 0 Å². The van der Waals surface area contributed by atoms with E-state index in [1.165, 1.54) is 24.3 Å². The lowest BCUT2D eigenvalue weighted by Gasteiger charge is -2.23. The fourth-order valence-corrected chi connectivity index (χ4v) is 3.50. The Kier molecular flexibility index (Phi) is 6.43. The molecule has 12 heteroatoms.